The van der Waals surface area contributed by atoms with Crippen molar-refractivity contribution in [2.75, 3.05) is 6.54 Å². The topological polar surface area (TPSA) is 79.8 Å². The Balaban J connectivity index is 1.26. The van der Waals surface area contributed by atoms with Gasteiger partial charge in [-0.2, -0.15) is 0 Å². The van der Waals surface area contributed by atoms with E-state index in [2.05, 4.69) is 27.4 Å². The van der Waals surface area contributed by atoms with Gasteiger partial charge in [0.1, 0.15) is 0 Å². The Hall–Kier alpha value is -3.41. The molecule has 0 atom stereocenters. The van der Waals surface area contributed by atoms with E-state index in [9.17, 15) is 9.59 Å². The number of rotatable bonds is 7. The van der Waals surface area contributed by atoms with Crippen LogP contribution in [0.2, 0.25) is 0 Å². The minimum absolute atomic E-state index is 0.00152. The molecule has 0 saturated carbocycles. The van der Waals surface area contributed by atoms with E-state index in [1.807, 2.05) is 36.5 Å². The number of carbonyl (C=O) groups excluding carboxylic acids is 1. The first-order chi connectivity index (χ1) is 13.7. The molecule has 1 amide bonds. The van der Waals surface area contributed by atoms with E-state index >= 15 is 0 Å². The fraction of sp³-hybridized carbons (Fsp3) is 0.227. The molecule has 2 N–H and O–H groups in total. The maximum Gasteiger partial charge on any atom is 0.261 e. The van der Waals surface area contributed by atoms with E-state index in [-0.39, 0.29) is 11.5 Å². The van der Waals surface area contributed by atoms with Crippen molar-refractivity contribution in [1.82, 2.24) is 19.9 Å². The van der Waals surface area contributed by atoms with Crippen molar-refractivity contribution in [3.63, 3.8) is 0 Å². The van der Waals surface area contributed by atoms with Crippen molar-refractivity contribution in [2.45, 2.75) is 25.8 Å². The minimum Gasteiger partial charge on any atom is -0.361 e. The van der Waals surface area contributed by atoms with E-state index in [0.29, 0.717) is 30.4 Å². The van der Waals surface area contributed by atoms with Gasteiger partial charge in [-0.15, -0.1) is 0 Å². The van der Waals surface area contributed by atoms with Crippen molar-refractivity contribution < 1.29 is 4.79 Å². The summed E-state index contributed by atoms with van der Waals surface area (Å²) in [4.78, 5) is 32.1. The normalized spacial score (nSPS) is 11.1. The molecule has 6 heteroatoms. The number of benzene rings is 2. The Morgan fingerprint density at radius 1 is 1.07 bits per heavy atom. The monoisotopic (exact) mass is 374 g/mol. The largest absolute Gasteiger partial charge is 0.361 e. The van der Waals surface area contributed by atoms with Crippen molar-refractivity contribution in [1.29, 1.82) is 0 Å². The fourth-order valence-electron chi connectivity index (χ4n) is 3.45. The number of para-hydroxylation sites is 2. The third kappa shape index (κ3) is 3.81. The molecule has 0 radical (unpaired) electrons. The van der Waals surface area contributed by atoms with Crippen LogP contribution < -0.4 is 10.9 Å². The molecule has 28 heavy (non-hydrogen) atoms. The molecule has 0 bridgehead atoms. The van der Waals surface area contributed by atoms with Gasteiger partial charge >= 0.3 is 0 Å². The summed E-state index contributed by atoms with van der Waals surface area (Å²) in [6.07, 6.45) is 5.65. The van der Waals surface area contributed by atoms with Gasteiger partial charge in [0.25, 0.3) is 5.56 Å². The molecule has 0 unspecified atom stereocenters. The highest BCUT2D eigenvalue weighted by molar-refractivity contribution is 5.83. The Bertz CT molecular complexity index is 1180. The quantitative estimate of drug-likeness (QED) is 0.522. The number of amides is 1. The van der Waals surface area contributed by atoms with Crippen molar-refractivity contribution >= 4 is 27.7 Å². The van der Waals surface area contributed by atoms with Crippen molar-refractivity contribution in [2.24, 2.45) is 0 Å². The van der Waals surface area contributed by atoms with Crippen LogP contribution >= 0.6 is 0 Å². The van der Waals surface area contributed by atoms with Crippen molar-refractivity contribution in [3.8, 4) is 0 Å². The van der Waals surface area contributed by atoms with E-state index in [1.54, 1.807) is 6.07 Å². The lowest BCUT2D eigenvalue weighted by Crippen LogP contribution is -2.30. The number of aromatic amines is 1. The molecule has 0 saturated heterocycles. The second kappa shape index (κ2) is 8.08. The lowest BCUT2D eigenvalue weighted by atomic mass is 10.1. The van der Waals surface area contributed by atoms with Gasteiger partial charge in [-0.05, 0) is 36.6 Å². The molecule has 0 spiro atoms. The second-order valence-electron chi connectivity index (χ2n) is 6.82. The summed E-state index contributed by atoms with van der Waals surface area (Å²) in [5.74, 6) is 0.00152. The zero-order valence-corrected chi connectivity index (χ0v) is 15.5. The van der Waals surface area contributed by atoms with Gasteiger partial charge in [-0.3, -0.25) is 14.2 Å². The van der Waals surface area contributed by atoms with Crippen LogP contribution in [0.15, 0.2) is 65.8 Å². The smallest absolute Gasteiger partial charge is 0.261 e. The average Bonchev–Trinajstić information content (AvgIpc) is 3.13. The number of fused-ring (bicyclic) bond motifs is 2. The van der Waals surface area contributed by atoms with Gasteiger partial charge < -0.3 is 10.3 Å². The molecule has 2 aromatic carbocycles. The Labute approximate surface area is 162 Å². The summed E-state index contributed by atoms with van der Waals surface area (Å²) in [6, 6.07) is 15.4. The van der Waals surface area contributed by atoms with Crippen LogP contribution in [0.3, 0.4) is 0 Å². The van der Waals surface area contributed by atoms with Crippen LogP contribution in [-0.2, 0) is 17.8 Å². The van der Waals surface area contributed by atoms with E-state index in [0.717, 1.165) is 18.4 Å². The van der Waals surface area contributed by atoms with Gasteiger partial charge in [0.15, 0.2) is 0 Å². The number of hydrogen-bond donors (Lipinski definition) is 2. The summed E-state index contributed by atoms with van der Waals surface area (Å²) < 4.78 is 1.54. The molecule has 4 aromatic rings. The Morgan fingerprint density at radius 2 is 1.86 bits per heavy atom. The Kier molecular flexibility index (Phi) is 5.19. The van der Waals surface area contributed by atoms with E-state index in [1.165, 1.54) is 21.8 Å². The summed E-state index contributed by atoms with van der Waals surface area (Å²) in [7, 11) is 0. The fourth-order valence-corrected chi connectivity index (χ4v) is 3.45. The maximum absolute atomic E-state index is 12.4. The first-order valence-corrected chi connectivity index (χ1v) is 9.48. The van der Waals surface area contributed by atoms with Gasteiger partial charge in [-0.25, -0.2) is 4.98 Å². The molecule has 0 aliphatic heterocycles. The molecular formula is C22H22N4O2. The number of aryl methyl sites for hydroxylation is 1. The van der Waals surface area contributed by atoms with E-state index in [4.69, 9.17) is 0 Å². The lowest BCUT2D eigenvalue weighted by molar-refractivity contribution is -0.121. The highest BCUT2D eigenvalue weighted by Gasteiger charge is 2.07. The highest BCUT2D eigenvalue weighted by atomic mass is 16.1. The summed E-state index contributed by atoms with van der Waals surface area (Å²) >= 11 is 0. The second-order valence-corrected chi connectivity index (χ2v) is 6.82. The number of nitrogens with one attached hydrogen (secondary N) is 2. The van der Waals surface area contributed by atoms with Crippen LogP contribution in [0.4, 0.5) is 0 Å². The number of H-pyrrole nitrogens is 1. The van der Waals surface area contributed by atoms with Crippen molar-refractivity contribution in [3.05, 3.63) is 77.0 Å². The summed E-state index contributed by atoms with van der Waals surface area (Å²) in [6.45, 7) is 0.816. The van der Waals surface area contributed by atoms with E-state index < -0.39 is 0 Å². The van der Waals surface area contributed by atoms with Gasteiger partial charge in [0.05, 0.1) is 17.2 Å². The SMILES string of the molecule is O=C(CCCc1c[nH]c2ccccc12)NCCn1cnc2ccccc2c1=O. The van der Waals surface area contributed by atoms with Crippen LogP contribution in [0.25, 0.3) is 21.8 Å². The Morgan fingerprint density at radius 3 is 2.75 bits per heavy atom. The number of carbonyl (C=O) groups is 1. The standard InChI is InChI=1S/C22H22N4O2/c27-21(11-5-6-16-14-24-19-9-3-1-7-17(16)19)23-12-13-26-15-25-20-10-4-2-8-18(20)22(26)28/h1-4,7-10,14-15,24H,5-6,11-13H2,(H,23,27). The molecular weight excluding hydrogens is 352 g/mol. The molecule has 2 aromatic heterocycles. The number of nitrogens with zero attached hydrogens (tertiary/aromatic N) is 2. The number of hydrogen-bond acceptors (Lipinski definition) is 3. The van der Waals surface area contributed by atoms with Crippen LogP contribution in [0.1, 0.15) is 18.4 Å². The third-order valence-electron chi connectivity index (χ3n) is 4.93. The van der Waals surface area contributed by atoms with Crippen LogP contribution in [-0.4, -0.2) is 27.0 Å². The predicted octanol–water partition coefficient (Wildman–Crippen LogP) is 3.02. The minimum atomic E-state index is -0.0841. The number of aromatic nitrogens is 3. The first kappa shape index (κ1) is 18.0. The predicted molar refractivity (Wildman–Crippen MR) is 110 cm³/mol. The molecule has 4 rings (SSSR count). The molecule has 0 aliphatic carbocycles. The molecule has 6 nitrogen and oxygen atoms in total. The van der Waals surface area contributed by atoms with Gasteiger partial charge in [-0.1, -0.05) is 30.3 Å². The highest BCUT2D eigenvalue weighted by Crippen LogP contribution is 2.19. The molecule has 0 fully saturated rings. The van der Waals surface area contributed by atoms with Gasteiger partial charge in [0, 0.05) is 36.6 Å². The molecule has 2 heterocycles. The van der Waals surface area contributed by atoms with Crippen LogP contribution in [0, 0.1) is 0 Å². The third-order valence-corrected chi connectivity index (χ3v) is 4.93. The zero-order valence-electron chi connectivity index (χ0n) is 15.5. The summed E-state index contributed by atoms with van der Waals surface area (Å²) in [5.41, 5.74) is 2.96. The van der Waals surface area contributed by atoms with Crippen LogP contribution in [0.5, 0.6) is 0 Å². The zero-order chi connectivity index (χ0) is 19.3. The summed E-state index contributed by atoms with van der Waals surface area (Å²) in [5, 5.41) is 4.70. The maximum atomic E-state index is 12.4. The van der Waals surface area contributed by atoms with Gasteiger partial charge in [0.2, 0.25) is 5.91 Å². The lowest BCUT2D eigenvalue weighted by Gasteiger charge is -2.08. The average molecular weight is 374 g/mol. The molecule has 0 aliphatic rings. The first-order valence-electron chi connectivity index (χ1n) is 9.48. The molecule has 142 valence electrons.